The molecule has 0 bridgehead atoms. The third-order valence-corrected chi connectivity index (χ3v) is 4.64. The Labute approximate surface area is 141 Å². The Bertz CT molecular complexity index is 712. The van der Waals surface area contributed by atoms with Gasteiger partial charge in [-0.15, -0.1) is 10.2 Å². The first-order valence-corrected chi connectivity index (χ1v) is 8.58. The molecule has 0 fully saturated rings. The van der Waals surface area contributed by atoms with Gasteiger partial charge in [0, 0.05) is 36.9 Å². The number of fused-ring (bicyclic) bond motifs is 1. The second kappa shape index (κ2) is 6.75. The van der Waals surface area contributed by atoms with Crippen LogP contribution in [0.4, 0.5) is 0 Å². The first-order chi connectivity index (χ1) is 11.5. The summed E-state index contributed by atoms with van der Waals surface area (Å²) in [6.45, 7) is 8.78. The van der Waals surface area contributed by atoms with Gasteiger partial charge in [0.2, 0.25) is 5.91 Å². The number of amides is 1. The lowest BCUT2D eigenvalue weighted by Gasteiger charge is -2.26. The van der Waals surface area contributed by atoms with Gasteiger partial charge in [0.05, 0.1) is 5.69 Å². The summed E-state index contributed by atoms with van der Waals surface area (Å²) in [5.41, 5.74) is 1.91. The zero-order valence-corrected chi connectivity index (χ0v) is 14.8. The van der Waals surface area contributed by atoms with E-state index in [-0.39, 0.29) is 11.9 Å². The van der Waals surface area contributed by atoms with E-state index in [2.05, 4.69) is 39.1 Å². The van der Waals surface area contributed by atoms with Crippen molar-refractivity contribution in [2.24, 2.45) is 0 Å². The van der Waals surface area contributed by atoms with Crippen LogP contribution in [0.1, 0.15) is 61.3 Å². The molecular formula is C17H25N5O2. The van der Waals surface area contributed by atoms with Crippen LogP contribution in [0.3, 0.4) is 0 Å². The molecule has 7 heteroatoms. The van der Waals surface area contributed by atoms with Crippen molar-refractivity contribution >= 4 is 5.91 Å². The highest BCUT2D eigenvalue weighted by Gasteiger charge is 2.25. The van der Waals surface area contributed by atoms with Gasteiger partial charge in [-0.25, -0.2) is 0 Å². The average molecular weight is 331 g/mol. The van der Waals surface area contributed by atoms with Crippen molar-refractivity contribution in [2.45, 2.75) is 71.9 Å². The van der Waals surface area contributed by atoms with Crippen LogP contribution in [0.5, 0.6) is 0 Å². The number of nitrogens with one attached hydrogen (secondary N) is 1. The van der Waals surface area contributed by atoms with Crippen molar-refractivity contribution in [1.29, 1.82) is 0 Å². The number of aryl methyl sites for hydroxylation is 3. The maximum atomic E-state index is 12.3. The van der Waals surface area contributed by atoms with E-state index in [1.54, 1.807) is 0 Å². The topological polar surface area (TPSA) is 85.8 Å². The SMILES string of the molecule is Cc1noc(C)c1CCC(=O)NC1CCc2nnc(C(C)C)n2C1. The molecule has 0 aromatic carbocycles. The molecule has 1 N–H and O–H groups in total. The van der Waals surface area contributed by atoms with Gasteiger partial charge in [-0.3, -0.25) is 4.79 Å². The predicted octanol–water partition coefficient (Wildman–Crippen LogP) is 2.07. The van der Waals surface area contributed by atoms with E-state index >= 15 is 0 Å². The van der Waals surface area contributed by atoms with Crippen LogP contribution in [0.2, 0.25) is 0 Å². The highest BCUT2D eigenvalue weighted by molar-refractivity contribution is 5.76. The molecule has 1 unspecified atom stereocenters. The van der Waals surface area contributed by atoms with Crippen LogP contribution in [0.15, 0.2) is 4.52 Å². The molecule has 0 saturated heterocycles. The Balaban J connectivity index is 1.57. The maximum Gasteiger partial charge on any atom is 0.220 e. The van der Waals surface area contributed by atoms with Gasteiger partial charge in [0.25, 0.3) is 0 Å². The van der Waals surface area contributed by atoms with Crippen LogP contribution >= 0.6 is 0 Å². The van der Waals surface area contributed by atoms with Crippen molar-refractivity contribution in [1.82, 2.24) is 25.2 Å². The molecule has 1 aliphatic rings. The van der Waals surface area contributed by atoms with Gasteiger partial charge in [-0.2, -0.15) is 0 Å². The van der Waals surface area contributed by atoms with Gasteiger partial charge in [0.15, 0.2) is 0 Å². The van der Waals surface area contributed by atoms with Crippen LogP contribution in [-0.4, -0.2) is 31.9 Å². The molecule has 0 saturated carbocycles. The molecule has 3 heterocycles. The van der Waals surface area contributed by atoms with E-state index in [9.17, 15) is 4.79 Å². The van der Waals surface area contributed by atoms with Crippen LogP contribution in [0, 0.1) is 13.8 Å². The van der Waals surface area contributed by atoms with Crippen LogP contribution in [0.25, 0.3) is 0 Å². The second-order valence-electron chi connectivity index (χ2n) is 6.85. The van der Waals surface area contributed by atoms with E-state index in [1.165, 1.54) is 0 Å². The molecule has 3 rings (SSSR count). The summed E-state index contributed by atoms with van der Waals surface area (Å²) in [5.74, 6) is 3.23. The molecule has 0 aliphatic carbocycles. The number of rotatable bonds is 5. The van der Waals surface area contributed by atoms with E-state index in [0.29, 0.717) is 18.8 Å². The van der Waals surface area contributed by atoms with Crippen molar-refractivity contribution in [3.8, 4) is 0 Å². The van der Waals surface area contributed by atoms with E-state index < -0.39 is 0 Å². The molecule has 2 aromatic rings. The summed E-state index contributed by atoms with van der Waals surface area (Å²) in [4.78, 5) is 12.3. The summed E-state index contributed by atoms with van der Waals surface area (Å²) < 4.78 is 7.30. The normalized spacial score (nSPS) is 17.1. The smallest absolute Gasteiger partial charge is 0.220 e. The zero-order valence-electron chi connectivity index (χ0n) is 14.8. The number of carbonyl (C=O) groups excluding carboxylic acids is 1. The quantitative estimate of drug-likeness (QED) is 0.906. The maximum absolute atomic E-state index is 12.3. The highest BCUT2D eigenvalue weighted by atomic mass is 16.5. The highest BCUT2D eigenvalue weighted by Crippen LogP contribution is 2.20. The summed E-state index contributed by atoms with van der Waals surface area (Å²) in [7, 11) is 0. The fourth-order valence-electron chi connectivity index (χ4n) is 3.29. The molecule has 130 valence electrons. The van der Waals surface area contributed by atoms with E-state index in [4.69, 9.17) is 4.52 Å². The molecule has 24 heavy (non-hydrogen) atoms. The van der Waals surface area contributed by atoms with Gasteiger partial charge < -0.3 is 14.4 Å². The Morgan fingerprint density at radius 3 is 2.83 bits per heavy atom. The van der Waals surface area contributed by atoms with Crippen LogP contribution < -0.4 is 5.32 Å². The average Bonchev–Trinajstić information content (AvgIpc) is 3.09. The van der Waals surface area contributed by atoms with Gasteiger partial charge >= 0.3 is 0 Å². The lowest BCUT2D eigenvalue weighted by Crippen LogP contribution is -2.41. The predicted molar refractivity (Wildman–Crippen MR) is 88.7 cm³/mol. The fourth-order valence-corrected chi connectivity index (χ4v) is 3.29. The molecule has 1 amide bonds. The van der Waals surface area contributed by atoms with Crippen molar-refractivity contribution in [3.05, 3.63) is 28.7 Å². The van der Waals surface area contributed by atoms with E-state index in [0.717, 1.165) is 48.1 Å². The van der Waals surface area contributed by atoms with Crippen molar-refractivity contribution in [3.63, 3.8) is 0 Å². The van der Waals surface area contributed by atoms with Gasteiger partial charge in [-0.05, 0) is 26.7 Å². The Hall–Kier alpha value is -2.18. The number of hydrogen-bond donors (Lipinski definition) is 1. The summed E-state index contributed by atoms with van der Waals surface area (Å²) >= 11 is 0. The van der Waals surface area contributed by atoms with E-state index in [1.807, 2.05) is 13.8 Å². The molecule has 0 spiro atoms. The summed E-state index contributed by atoms with van der Waals surface area (Å²) in [6.07, 6.45) is 2.88. The van der Waals surface area contributed by atoms with Crippen LogP contribution in [-0.2, 0) is 24.2 Å². The number of hydrogen-bond acceptors (Lipinski definition) is 5. The fraction of sp³-hybridized carbons (Fsp3) is 0.647. The molecule has 0 radical (unpaired) electrons. The lowest BCUT2D eigenvalue weighted by atomic mass is 10.0. The monoisotopic (exact) mass is 331 g/mol. The third kappa shape index (κ3) is 3.34. The lowest BCUT2D eigenvalue weighted by molar-refractivity contribution is -0.122. The van der Waals surface area contributed by atoms with Gasteiger partial charge in [0.1, 0.15) is 17.4 Å². The first-order valence-electron chi connectivity index (χ1n) is 8.58. The standard InChI is InChI=1S/C17H25N5O2/c1-10(2)17-20-19-15-7-5-13(9-22(15)17)18-16(23)8-6-14-11(3)21-24-12(14)4/h10,13H,5-9H2,1-4H3,(H,18,23). The largest absolute Gasteiger partial charge is 0.361 e. The molecular weight excluding hydrogens is 306 g/mol. The zero-order chi connectivity index (χ0) is 17.3. The van der Waals surface area contributed by atoms with Crippen molar-refractivity contribution < 1.29 is 9.32 Å². The van der Waals surface area contributed by atoms with Crippen molar-refractivity contribution in [2.75, 3.05) is 0 Å². The minimum absolute atomic E-state index is 0.0719. The third-order valence-electron chi connectivity index (χ3n) is 4.64. The number of aromatic nitrogens is 4. The minimum Gasteiger partial charge on any atom is -0.361 e. The molecule has 1 atom stereocenters. The molecule has 7 nitrogen and oxygen atoms in total. The summed E-state index contributed by atoms with van der Waals surface area (Å²) in [5, 5.41) is 15.6. The molecule has 2 aromatic heterocycles. The Morgan fingerprint density at radius 2 is 2.17 bits per heavy atom. The number of nitrogens with zero attached hydrogens (tertiary/aromatic N) is 4. The second-order valence-corrected chi connectivity index (χ2v) is 6.85. The first kappa shape index (κ1) is 16.7. The molecule has 1 aliphatic heterocycles. The Kier molecular flexibility index (Phi) is 4.69. The number of carbonyl (C=O) groups is 1. The minimum atomic E-state index is 0.0719. The summed E-state index contributed by atoms with van der Waals surface area (Å²) in [6, 6.07) is 0.142. The Morgan fingerprint density at radius 1 is 1.38 bits per heavy atom. The van der Waals surface area contributed by atoms with Gasteiger partial charge in [-0.1, -0.05) is 19.0 Å².